The van der Waals surface area contributed by atoms with Crippen molar-refractivity contribution in [1.29, 1.82) is 0 Å². The van der Waals surface area contributed by atoms with Crippen molar-refractivity contribution in [2.45, 2.75) is 38.1 Å². The molecule has 0 aromatic carbocycles. The van der Waals surface area contributed by atoms with E-state index in [1.54, 1.807) is 6.07 Å². The highest BCUT2D eigenvalue weighted by molar-refractivity contribution is 7.99. The van der Waals surface area contributed by atoms with Crippen LogP contribution in [-0.2, 0) is 10.2 Å². The van der Waals surface area contributed by atoms with Gasteiger partial charge in [0.15, 0.2) is 5.69 Å². The average Bonchev–Trinajstić information content (AvgIpc) is 2.96. The summed E-state index contributed by atoms with van der Waals surface area (Å²) in [7, 11) is 0. The normalized spacial score (nSPS) is 22.8. The zero-order valence-electron chi connectivity index (χ0n) is 11.7. The van der Waals surface area contributed by atoms with Crippen LogP contribution in [0.5, 0.6) is 0 Å². The fraction of sp³-hybridized carbons (Fsp3) is 0.615. The number of thioether (sulfide) groups is 1. The Bertz CT molecular complexity index is 527. The number of nitrogens with zero attached hydrogens (tertiary/aromatic N) is 1. The van der Waals surface area contributed by atoms with Crippen molar-refractivity contribution in [2.24, 2.45) is 0 Å². The molecule has 6 nitrogen and oxygen atoms in total. The van der Waals surface area contributed by atoms with E-state index in [9.17, 15) is 14.7 Å². The number of hydrogen-bond donors (Lipinski definition) is 2. The zero-order chi connectivity index (χ0) is 15.0. The summed E-state index contributed by atoms with van der Waals surface area (Å²) >= 11 is 1.52. The minimum Gasteiger partial charge on any atom is -0.479 e. The molecule has 7 heteroatoms. The minimum atomic E-state index is -1.19. The summed E-state index contributed by atoms with van der Waals surface area (Å²) in [5.74, 6) is 0.175. The molecule has 1 amide bonds. The second kappa shape index (κ2) is 5.12. The Morgan fingerprint density at radius 1 is 1.50 bits per heavy atom. The summed E-state index contributed by atoms with van der Waals surface area (Å²) in [6.07, 6.45) is 0.419. The third-order valence-electron chi connectivity index (χ3n) is 3.27. The Morgan fingerprint density at radius 3 is 2.65 bits per heavy atom. The van der Waals surface area contributed by atoms with Gasteiger partial charge in [0.1, 0.15) is 11.3 Å². The van der Waals surface area contributed by atoms with Gasteiger partial charge in [-0.2, -0.15) is 11.8 Å². The first-order valence-electron chi connectivity index (χ1n) is 6.35. The van der Waals surface area contributed by atoms with E-state index >= 15 is 0 Å². The van der Waals surface area contributed by atoms with Gasteiger partial charge < -0.3 is 14.9 Å². The second-order valence-corrected chi connectivity index (χ2v) is 7.08. The molecule has 1 unspecified atom stereocenters. The van der Waals surface area contributed by atoms with Crippen LogP contribution in [0.3, 0.4) is 0 Å². The van der Waals surface area contributed by atoms with Gasteiger partial charge in [0.2, 0.25) is 0 Å². The molecule has 1 atom stereocenters. The van der Waals surface area contributed by atoms with E-state index < -0.39 is 17.4 Å². The third kappa shape index (κ3) is 2.82. The van der Waals surface area contributed by atoms with E-state index in [4.69, 9.17) is 4.52 Å². The summed E-state index contributed by atoms with van der Waals surface area (Å²) in [4.78, 5) is 23.5. The average molecular weight is 298 g/mol. The molecule has 1 aromatic heterocycles. The number of amides is 1. The molecule has 2 N–H and O–H groups in total. The first-order valence-corrected chi connectivity index (χ1v) is 7.51. The Kier molecular flexibility index (Phi) is 3.82. The van der Waals surface area contributed by atoms with Crippen LogP contribution in [0.2, 0.25) is 0 Å². The number of carboxylic acid groups (broad SMARTS) is 1. The highest BCUT2D eigenvalue weighted by Crippen LogP contribution is 2.29. The monoisotopic (exact) mass is 298 g/mol. The van der Waals surface area contributed by atoms with Gasteiger partial charge in [-0.05, 0) is 12.2 Å². The highest BCUT2D eigenvalue weighted by Gasteiger charge is 2.43. The maximum atomic E-state index is 12.1. The Hall–Kier alpha value is -1.50. The van der Waals surface area contributed by atoms with Crippen LogP contribution >= 0.6 is 11.8 Å². The van der Waals surface area contributed by atoms with E-state index in [0.29, 0.717) is 17.9 Å². The van der Waals surface area contributed by atoms with Crippen LogP contribution in [0, 0.1) is 0 Å². The molecular weight excluding hydrogens is 280 g/mol. The molecule has 0 aliphatic carbocycles. The van der Waals surface area contributed by atoms with E-state index in [2.05, 4.69) is 10.5 Å². The summed E-state index contributed by atoms with van der Waals surface area (Å²) < 4.78 is 5.14. The minimum absolute atomic E-state index is 0.118. The van der Waals surface area contributed by atoms with E-state index in [0.717, 1.165) is 5.75 Å². The van der Waals surface area contributed by atoms with Crippen LogP contribution < -0.4 is 5.32 Å². The molecule has 0 saturated carbocycles. The lowest BCUT2D eigenvalue weighted by Crippen LogP contribution is -2.54. The number of aromatic nitrogens is 1. The topological polar surface area (TPSA) is 92.4 Å². The van der Waals surface area contributed by atoms with Crippen molar-refractivity contribution in [1.82, 2.24) is 10.5 Å². The third-order valence-corrected chi connectivity index (χ3v) is 4.46. The second-order valence-electron chi connectivity index (χ2n) is 5.97. The summed E-state index contributed by atoms with van der Waals surface area (Å²) in [5.41, 5.74) is -1.32. The number of hydrogen-bond acceptors (Lipinski definition) is 5. The van der Waals surface area contributed by atoms with Gasteiger partial charge in [-0.15, -0.1) is 0 Å². The fourth-order valence-corrected chi connectivity index (χ4v) is 3.23. The van der Waals surface area contributed by atoms with Crippen LogP contribution in [0.15, 0.2) is 10.6 Å². The number of rotatable bonds is 3. The molecule has 0 bridgehead atoms. The molecule has 110 valence electrons. The maximum absolute atomic E-state index is 12.1. The predicted octanol–water partition coefficient (Wildman–Crippen LogP) is 1.66. The summed E-state index contributed by atoms with van der Waals surface area (Å²) in [6.45, 7) is 5.84. The highest BCUT2D eigenvalue weighted by atomic mass is 32.2. The SMILES string of the molecule is CC(C)(C)c1cc(C(=O)NC2(C(=O)O)CCSC2)no1. The van der Waals surface area contributed by atoms with Crippen molar-refractivity contribution in [3.63, 3.8) is 0 Å². The Balaban J connectivity index is 2.16. The smallest absolute Gasteiger partial charge is 0.330 e. The van der Waals surface area contributed by atoms with Gasteiger partial charge in [0.25, 0.3) is 5.91 Å². The largest absolute Gasteiger partial charge is 0.479 e. The number of carboxylic acids is 1. The van der Waals surface area contributed by atoms with Crippen molar-refractivity contribution in [2.75, 3.05) is 11.5 Å². The lowest BCUT2D eigenvalue weighted by molar-refractivity contribution is -0.143. The van der Waals surface area contributed by atoms with E-state index in [1.165, 1.54) is 11.8 Å². The lowest BCUT2D eigenvalue weighted by Gasteiger charge is -2.23. The molecule has 1 aliphatic heterocycles. The number of carbonyl (C=O) groups is 2. The maximum Gasteiger partial charge on any atom is 0.330 e. The summed E-state index contributed by atoms with van der Waals surface area (Å²) in [6, 6.07) is 1.56. The van der Waals surface area contributed by atoms with Crippen LogP contribution in [0.25, 0.3) is 0 Å². The lowest BCUT2D eigenvalue weighted by atomic mass is 9.93. The molecule has 1 saturated heterocycles. The van der Waals surface area contributed by atoms with E-state index in [-0.39, 0.29) is 11.1 Å². The number of carbonyl (C=O) groups excluding carboxylic acids is 1. The first kappa shape index (κ1) is 14.9. The molecule has 20 heavy (non-hydrogen) atoms. The van der Waals surface area contributed by atoms with E-state index in [1.807, 2.05) is 20.8 Å². The molecular formula is C13H18N2O4S. The van der Waals surface area contributed by atoms with Crippen molar-refractivity contribution in [3.05, 3.63) is 17.5 Å². The predicted molar refractivity (Wildman–Crippen MR) is 75.0 cm³/mol. The molecule has 2 heterocycles. The molecule has 1 aromatic rings. The van der Waals surface area contributed by atoms with Crippen LogP contribution in [0.4, 0.5) is 0 Å². The Morgan fingerprint density at radius 2 is 2.20 bits per heavy atom. The zero-order valence-corrected chi connectivity index (χ0v) is 12.5. The first-order chi connectivity index (χ1) is 9.24. The molecule has 0 radical (unpaired) electrons. The fourth-order valence-electron chi connectivity index (χ4n) is 1.90. The molecule has 1 aliphatic rings. The molecule has 1 fully saturated rings. The molecule has 2 rings (SSSR count). The number of nitrogens with one attached hydrogen (secondary N) is 1. The van der Waals surface area contributed by atoms with Gasteiger partial charge in [-0.3, -0.25) is 4.79 Å². The van der Waals surface area contributed by atoms with Crippen molar-refractivity contribution in [3.8, 4) is 0 Å². The van der Waals surface area contributed by atoms with Crippen LogP contribution in [0.1, 0.15) is 43.4 Å². The van der Waals surface area contributed by atoms with Crippen molar-refractivity contribution >= 4 is 23.6 Å². The van der Waals surface area contributed by atoms with Crippen molar-refractivity contribution < 1.29 is 19.2 Å². The van der Waals surface area contributed by atoms with Gasteiger partial charge in [0, 0.05) is 17.2 Å². The standard InChI is InChI=1S/C13H18N2O4S/c1-12(2,3)9-6-8(15-19-9)10(16)14-13(11(17)18)4-5-20-7-13/h6H,4-5,7H2,1-3H3,(H,14,16)(H,17,18). The van der Waals surface area contributed by atoms with Gasteiger partial charge in [0.05, 0.1) is 0 Å². The summed E-state index contributed by atoms with van der Waals surface area (Å²) in [5, 5.41) is 15.6. The number of aliphatic carboxylic acids is 1. The quantitative estimate of drug-likeness (QED) is 0.881. The van der Waals surface area contributed by atoms with Gasteiger partial charge in [-0.1, -0.05) is 25.9 Å². The van der Waals surface area contributed by atoms with Crippen LogP contribution in [-0.4, -0.2) is 39.2 Å². The Labute approximate surface area is 121 Å². The molecule has 0 spiro atoms. The van der Waals surface area contributed by atoms with Gasteiger partial charge in [-0.25, -0.2) is 4.79 Å². The van der Waals surface area contributed by atoms with Gasteiger partial charge >= 0.3 is 5.97 Å².